The molecule has 0 radical (unpaired) electrons. The molecule has 0 unspecified atom stereocenters. The molecule has 27 heavy (non-hydrogen) atoms. The van der Waals surface area contributed by atoms with E-state index in [2.05, 4.69) is 24.9 Å². The molecule has 0 aliphatic rings. The van der Waals surface area contributed by atoms with Gasteiger partial charge in [-0.25, -0.2) is 9.61 Å². The van der Waals surface area contributed by atoms with Gasteiger partial charge in [0, 0.05) is 6.42 Å². The largest absolute Gasteiger partial charge is 0.416 e. The number of rotatable bonds is 3. The number of halogens is 3. The van der Waals surface area contributed by atoms with Crippen molar-refractivity contribution in [2.45, 2.75) is 12.6 Å². The summed E-state index contributed by atoms with van der Waals surface area (Å²) in [6.45, 7) is 0. The predicted molar refractivity (Wildman–Crippen MR) is 89.9 cm³/mol. The first-order chi connectivity index (χ1) is 12.9. The van der Waals surface area contributed by atoms with E-state index in [4.69, 9.17) is 0 Å². The number of alkyl halides is 3. The molecule has 6 nitrogen and oxygen atoms in total. The molecule has 0 saturated heterocycles. The van der Waals surface area contributed by atoms with Gasteiger partial charge < -0.3 is 0 Å². The highest BCUT2D eigenvalue weighted by Gasteiger charge is 2.29. The molecule has 2 aromatic carbocycles. The van der Waals surface area contributed by atoms with Crippen LogP contribution in [0, 0.1) is 0 Å². The molecule has 0 saturated carbocycles. The van der Waals surface area contributed by atoms with Crippen LogP contribution >= 0.6 is 0 Å². The van der Waals surface area contributed by atoms with E-state index in [9.17, 15) is 18.0 Å². The molecule has 4 rings (SSSR count). The van der Waals surface area contributed by atoms with Gasteiger partial charge in [0.05, 0.1) is 5.56 Å². The minimum atomic E-state index is -4.36. The van der Waals surface area contributed by atoms with Crippen LogP contribution in [0.3, 0.4) is 0 Å². The highest BCUT2D eigenvalue weighted by molar-refractivity contribution is 5.64. The second kappa shape index (κ2) is 6.35. The Morgan fingerprint density at radius 1 is 0.926 bits per heavy atom. The van der Waals surface area contributed by atoms with Crippen molar-refractivity contribution in [2.75, 3.05) is 0 Å². The average Bonchev–Trinajstić information content (AvgIpc) is 3.09. The maximum absolute atomic E-state index is 12.6. The van der Waals surface area contributed by atoms with Gasteiger partial charge in [0.2, 0.25) is 11.3 Å². The maximum atomic E-state index is 12.6. The van der Waals surface area contributed by atoms with Gasteiger partial charge in [-0.1, -0.05) is 36.4 Å². The molecule has 1 N–H and O–H groups in total. The van der Waals surface area contributed by atoms with Gasteiger partial charge in [-0.3, -0.25) is 9.78 Å². The van der Waals surface area contributed by atoms with Crippen LogP contribution in [-0.2, 0) is 12.6 Å². The molecule has 2 aromatic heterocycles. The highest BCUT2D eigenvalue weighted by Crippen LogP contribution is 2.31. The Morgan fingerprint density at radius 2 is 1.56 bits per heavy atom. The lowest BCUT2D eigenvalue weighted by Gasteiger charge is -2.08. The Bertz CT molecular complexity index is 1150. The minimum Gasteiger partial charge on any atom is -0.299 e. The Hall–Kier alpha value is -3.49. The second-order valence-corrected chi connectivity index (χ2v) is 5.90. The van der Waals surface area contributed by atoms with E-state index in [0.29, 0.717) is 5.56 Å². The number of nitrogens with zero attached hydrogens (tertiary/aromatic N) is 3. The summed E-state index contributed by atoms with van der Waals surface area (Å²) >= 11 is 0. The summed E-state index contributed by atoms with van der Waals surface area (Å²) in [5.74, 6) is 0. The summed E-state index contributed by atoms with van der Waals surface area (Å²) in [5, 5.41) is 7.11. The van der Waals surface area contributed by atoms with Gasteiger partial charge in [0.15, 0.2) is 0 Å². The number of nitrogens with one attached hydrogen (secondary N) is 1. The van der Waals surface area contributed by atoms with Crippen LogP contribution < -0.4 is 5.56 Å². The Labute approximate surface area is 149 Å². The summed E-state index contributed by atoms with van der Waals surface area (Å²) in [6.07, 6.45) is -4.09. The van der Waals surface area contributed by atoms with E-state index in [1.807, 2.05) is 0 Å². The first-order valence-corrected chi connectivity index (χ1v) is 7.88. The van der Waals surface area contributed by atoms with E-state index in [1.165, 1.54) is 12.1 Å². The monoisotopic (exact) mass is 372 g/mol. The zero-order valence-corrected chi connectivity index (χ0v) is 13.6. The number of aromatic amines is 1. The van der Waals surface area contributed by atoms with Crippen molar-refractivity contribution < 1.29 is 17.8 Å². The maximum Gasteiger partial charge on any atom is 0.416 e. The van der Waals surface area contributed by atoms with Crippen LogP contribution in [0.1, 0.15) is 16.8 Å². The molecule has 9 heteroatoms. The molecule has 0 bridgehead atoms. The molecule has 0 aliphatic carbocycles. The number of benzene rings is 2. The molecule has 136 valence electrons. The summed E-state index contributed by atoms with van der Waals surface area (Å²) in [6, 6.07) is 12.1. The van der Waals surface area contributed by atoms with E-state index in [-0.39, 0.29) is 29.0 Å². The summed E-state index contributed by atoms with van der Waals surface area (Å²) in [4.78, 5) is 18.7. The summed E-state index contributed by atoms with van der Waals surface area (Å²) < 4.78 is 42.4. The average molecular weight is 372 g/mol. The number of aromatic nitrogens is 4. The minimum absolute atomic E-state index is 0.182. The molecular weight excluding hydrogens is 361 g/mol. The van der Waals surface area contributed by atoms with Gasteiger partial charge >= 0.3 is 6.18 Å². The lowest BCUT2D eigenvalue weighted by molar-refractivity contribution is -0.137. The van der Waals surface area contributed by atoms with Crippen LogP contribution in [-0.4, -0.2) is 20.3 Å². The first kappa shape index (κ1) is 17.0. The lowest BCUT2D eigenvalue weighted by Crippen LogP contribution is -2.15. The number of hydrogen-bond donors (Lipinski definition) is 1. The number of hydrogen-bond acceptors (Lipinski definition) is 5. The topological polar surface area (TPSA) is 84.7 Å². The fraction of sp³-hybridized carbons (Fsp3) is 0.111. The van der Waals surface area contributed by atoms with E-state index < -0.39 is 11.7 Å². The third-order valence-corrected chi connectivity index (χ3v) is 4.08. The Balaban J connectivity index is 1.56. The lowest BCUT2D eigenvalue weighted by atomic mass is 10.0. The van der Waals surface area contributed by atoms with E-state index in [0.717, 1.165) is 23.3 Å². The van der Waals surface area contributed by atoms with Crippen molar-refractivity contribution in [3.8, 4) is 11.1 Å². The molecule has 0 aliphatic heterocycles. The highest BCUT2D eigenvalue weighted by atomic mass is 19.4. The van der Waals surface area contributed by atoms with Gasteiger partial charge in [-0.15, -0.1) is 0 Å². The van der Waals surface area contributed by atoms with Crippen LogP contribution in [0.2, 0.25) is 0 Å². The molecule has 0 amide bonds. The summed E-state index contributed by atoms with van der Waals surface area (Å²) in [5.41, 5.74) is 1.84. The van der Waals surface area contributed by atoms with Crippen molar-refractivity contribution in [1.82, 2.24) is 20.3 Å². The standard InChI is InChI=1S/C18H11F3N4O2/c19-18(20,21)13-7-5-12(6-8-13)11-3-1-10(2-4-11)9-14-17(26)23-16-15(22-14)24-27-25-16/h1-8H,9H2,(H,23,25,26). The first-order valence-electron chi connectivity index (χ1n) is 7.88. The van der Waals surface area contributed by atoms with Crippen LogP contribution in [0.4, 0.5) is 13.2 Å². The quantitative estimate of drug-likeness (QED) is 0.594. The normalized spacial score (nSPS) is 11.8. The second-order valence-electron chi connectivity index (χ2n) is 5.90. The van der Waals surface area contributed by atoms with Crippen LogP contribution in [0.5, 0.6) is 0 Å². The van der Waals surface area contributed by atoms with E-state index in [1.54, 1.807) is 24.3 Å². The van der Waals surface area contributed by atoms with Crippen molar-refractivity contribution in [1.29, 1.82) is 0 Å². The van der Waals surface area contributed by atoms with Gasteiger partial charge in [0.25, 0.3) is 5.56 Å². The number of H-pyrrole nitrogens is 1. The predicted octanol–water partition coefficient (Wildman–Crippen LogP) is 3.58. The molecular formula is C18H11F3N4O2. The van der Waals surface area contributed by atoms with Crippen molar-refractivity contribution >= 4 is 11.3 Å². The molecule has 0 atom stereocenters. The number of fused-ring (bicyclic) bond motifs is 1. The van der Waals surface area contributed by atoms with Crippen LogP contribution in [0.25, 0.3) is 22.4 Å². The molecule has 0 spiro atoms. The zero-order valence-electron chi connectivity index (χ0n) is 13.6. The fourth-order valence-corrected chi connectivity index (χ4v) is 2.67. The summed E-state index contributed by atoms with van der Waals surface area (Å²) in [7, 11) is 0. The third-order valence-electron chi connectivity index (χ3n) is 4.08. The SMILES string of the molecule is O=c1[nH]c2nonc2nc1Cc1ccc(-c2ccc(C(F)(F)F)cc2)cc1. The van der Waals surface area contributed by atoms with Crippen molar-refractivity contribution in [2.24, 2.45) is 0 Å². The van der Waals surface area contributed by atoms with E-state index >= 15 is 0 Å². The fourth-order valence-electron chi connectivity index (χ4n) is 2.67. The zero-order chi connectivity index (χ0) is 19.0. The molecule has 0 fully saturated rings. The third kappa shape index (κ3) is 3.43. The Morgan fingerprint density at radius 3 is 2.19 bits per heavy atom. The van der Waals surface area contributed by atoms with Gasteiger partial charge in [-0.2, -0.15) is 13.2 Å². The molecule has 4 aromatic rings. The Kier molecular flexibility index (Phi) is 3.98. The van der Waals surface area contributed by atoms with Crippen molar-refractivity contribution in [3.05, 3.63) is 75.7 Å². The van der Waals surface area contributed by atoms with Crippen LogP contribution in [0.15, 0.2) is 58.0 Å². The van der Waals surface area contributed by atoms with Gasteiger partial charge in [-0.05, 0) is 39.1 Å². The van der Waals surface area contributed by atoms with Crippen molar-refractivity contribution in [3.63, 3.8) is 0 Å². The van der Waals surface area contributed by atoms with Gasteiger partial charge in [0.1, 0.15) is 5.69 Å². The smallest absolute Gasteiger partial charge is 0.299 e. The molecule has 2 heterocycles.